The van der Waals surface area contributed by atoms with Crippen LogP contribution in [0.25, 0.3) is 11.0 Å². The fraction of sp³-hybridized carbons (Fsp3) is 0.138. The van der Waals surface area contributed by atoms with E-state index in [4.69, 9.17) is 4.74 Å². The van der Waals surface area contributed by atoms with E-state index in [1.165, 1.54) is 25.1 Å². The summed E-state index contributed by atoms with van der Waals surface area (Å²) in [6, 6.07) is 15.7. The number of ether oxygens (including phenoxy) is 1. The van der Waals surface area contributed by atoms with E-state index in [0.717, 1.165) is 5.56 Å². The van der Waals surface area contributed by atoms with Crippen molar-refractivity contribution in [2.45, 2.75) is 19.8 Å². The molecule has 1 aliphatic rings. The van der Waals surface area contributed by atoms with E-state index in [2.05, 4.69) is 15.3 Å². The van der Waals surface area contributed by atoms with Crippen LogP contribution in [0.1, 0.15) is 55.9 Å². The maximum absolute atomic E-state index is 13.3. The quantitative estimate of drug-likeness (QED) is 0.196. The molecule has 1 aromatic heterocycles. The van der Waals surface area contributed by atoms with E-state index in [1.54, 1.807) is 42.5 Å². The van der Waals surface area contributed by atoms with Gasteiger partial charge in [0.25, 0.3) is 11.5 Å². The van der Waals surface area contributed by atoms with Crippen molar-refractivity contribution in [3.8, 4) is 0 Å². The minimum atomic E-state index is -1.96. The fourth-order valence-electron chi connectivity index (χ4n) is 4.48. The van der Waals surface area contributed by atoms with Crippen molar-refractivity contribution in [1.82, 2.24) is 9.97 Å². The van der Waals surface area contributed by atoms with Gasteiger partial charge in [0.1, 0.15) is 5.69 Å². The van der Waals surface area contributed by atoms with Crippen LogP contribution in [0.2, 0.25) is 0 Å². The normalized spacial score (nSPS) is 12.9. The number of hydrogen-bond donors (Lipinski definition) is 2. The summed E-state index contributed by atoms with van der Waals surface area (Å²) in [5.74, 6) is -6.34. The highest BCUT2D eigenvalue weighted by Crippen LogP contribution is 2.31. The van der Waals surface area contributed by atoms with Gasteiger partial charge in [0, 0.05) is 22.4 Å². The van der Waals surface area contributed by atoms with E-state index >= 15 is 0 Å². The van der Waals surface area contributed by atoms with Gasteiger partial charge in [0.15, 0.2) is 17.5 Å². The molecule has 0 saturated heterocycles. The number of carbonyl (C=O) groups excluding carboxylic acids is 5. The number of carbonyl (C=O) groups is 5. The molecule has 1 amide bonds. The molecular weight excluding hydrogens is 502 g/mol. The first-order chi connectivity index (χ1) is 18.7. The van der Waals surface area contributed by atoms with Crippen LogP contribution in [0.3, 0.4) is 0 Å². The van der Waals surface area contributed by atoms with Gasteiger partial charge >= 0.3 is 5.97 Å². The number of ketones is 3. The molecule has 0 radical (unpaired) electrons. The first-order valence-electron chi connectivity index (χ1n) is 12.0. The molecule has 0 aliphatic heterocycles. The summed E-state index contributed by atoms with van der Waals surface area (Å²) in [6.07, 6.45) is 0. The summed E-state index contributed by atoms with van der Waals surface area (Å²) >= 11 is 0. The van der Waals surface area contributed by atoms with Crippen molar-refractivity contribution in [3.63, 3.8) is 0 Å². The molecule has 5 rings (SSSR count). The zero-order valence-electron chi connectivity index (χ0n) is 20.9. The molecule has 1 atom stereocenters. The molecule has 0 saturated carbocycles. The Bertz CT molecular complexity index is 1770. The summed E-state index contributed by atoms with van der Waals surface area (Å²) < 4.78 is 4.99. The summed E-state index contributed by atoms with van der Waals surface area (Å²) in [7, 11) is 0. The Hall–Kier alpha value is -5.25. The summed E-state index contributed by atoms with van der Waals surface area (Å²) in [5.41, 5.74) is 0.199. The van der Waals surface area contributed by atoms with Gasteiger partial charge in [0.2, 0.25) is 5.78 Å². The predicted octanol–water partition coefficient (Wildman–Crippen LogP) is 2.86. The number of nitrogens with zero attached hydrogens (tertiary/aromatic N) is 1. The third kappa shape index (κ3) is 4.42. The minimum Gasteiger partial charge on any atom is -0.465 e. The van der Waals surface area contributed by atoms with Crippen LogP contribution in [0.15, 0.2) is 65.5 Å². The molecule has 39 heavy (non-hydrogen) atoms. The number of Topliss-reactive ketones (excluding diaryl/α,β-unsaturated/α-hetero) is 1. The van der Waals surface area contributed by atoms with Crippen LogP contribution in [-0.2, 0) is 19.1 Å². The lowest BCUT2D eigenvalue weighted by molar-refractivity contribution is -0.150. The molecule has 1 heterocycles. The molecule has 194 valence electrons. The lowest BCUT2D eigenvalue weighted by Gasteiger charge is -2.19. The van der Waals surface area contributed by atoms with Crippen LogP contribution >= 0.6 is 0 Å². The fourth-order valence-corrected chi connectivity index (χ4v) is 4.48. The second kappa shape index (κ2) is 9.90. The van der Waals surface area contributed by atoms with Crippen molar-refractivity contribution in [2.24, 2.45) is 0 Å². The topological polar surface area (TPSA) is 152 Å². The number of benzene rings is 3. The SMILES string of the molecule is CCOC(=O)C(C(=O)C(=O)Nc1ccc(C)cc1)c1nc2ccc3c(c2[nH]c1=O)C(=O)c1ccccc1C3=O. The molecule has 0 bridgehead atoms. The highest BCUT2D eigenvalue weighted by Gasteiger charge is 2.39. The molecule has 3 aromatic carbocycles. The average Bonchev–Trinajstić information content (AvgIpc) is 2.93. The molecule has 1 aliphatic carbocycles. The number of H-pyrrole nitrogens is 1. The van der Waals surface area contributed by atoms with Crippen LogP contribution in [0.4, 0.5) is 5.69 Å². The van der Waals surface area contributed by atoms with Crippen molar-refractivity contribution >= 4 is 45.9 Å². The number of rotatable bonds is 6. The van der Waals surface area contributed by atoms with Gasteiger partial charge in [-0.15, -0.1) is 0 Å². The third-order valence-corrected chi connectivity index (χ3v) is 6.37. The average molecular weight is 524 g/mol. The Morgan fingerprint density at radius 3 is 2.23 bits per heavy atom. The maximum atomic E-state index is 13.3. The maximum Gasteiger partial charge on any atom is 0.323 e. The Balaban J connectivity index is 1.59. The molecule has 0 fully saturated rings. The molecule has 1 unspecified atom stereocenters. The minimum absolute atomic E-state index is 0.0201. The third-order valence-electron chi connectivity index (χ3n) is 6.37. The second-order valence-electron chi connectivity index (χ2n) is 8.91. The Morgan fingerprint density at radius 2 is 1.56 bits per heavy atom. The Morgan fingerprint density at radius 1 is 0.897 bits per heavy atom. The van der Waals surface area contributed by atoms with Gasteiger partial charge in [-0.05, 0) is 38.1 Å². The second-order valence-corrected chi connectivity index (χ2v) is 8.91. The molecule has 4 aromatic rings. The lowest BCUT2D eigenvalue weighted by atomic mass is 9.83. The standard InChI is InChI=1S/C29H21N3O7/c1-3-39-29(38)21(26(35)28(37)30-15-10-8-14(2)9-11-15)23-27(36)32-22-19(31-23)13-12-18-20(22)25(34)17-7-5-4-6-16(17)24(18)33/h4-13,21H,3H2,1-2H3,(H,30,37)(H,32,36). The van der Waals surface area contributed by atoms with E-state index in [0.29, 0.717) is 5.69 Å². The molecule has 2 N–H and O–H groups in total. The number of aromatic amines is 1. The molecule has 0 spiro atoms. The number of hydrogen-bond acceptors (Lipinski definition) is 8. The van der Waals surface area contributed by atoms with Gasteiger partial charge in [-0.25, -0.2) is 4.98 Å². The number of aryl methyl sites for hydroxylation is 1. The summed E-state index contributed by atoms with van der Waals surface area (Å²) in [5, 5.41) is 2.42. The van der Waals surface area contributed by atoms with E-state index in [1.807, 2.05) is 6.92 Å². The zero-order chi connectivity index (χ0) is 27.8. The van der Waals surface area contributed by atoms with Gasteiger partial charge in [-0.2, -0.15) is 0 Å². The van der Waals surface area contributed by atoms with Crippen molar-refractivity contribution in [2.75, 3.05) is 11.9 Å². The largest absolute Gasteiger partial charge is 0.465 e. The first-order valence-corrected chi connectivity index (χ1v) is 12.0. The van der Waals surface area contributed by atoms with Gasteiger partial charge in [-0.3, -0.25) is 28.8 Å². The number of nitrogens with one attached hydrogen (secondary N) is 2. The summed E-state index contributed by atoms with van der Waals surface area (Å²) in [4.78, 5) is 85.1. The first kappa shape index (κ1) is 25.4. The smallest absolute Gasteiger partial charge is 0.323 e. The summed E-state index contributed by atoms with van der Waals surface area (Å²) in [6.45, 7) is 3.25. The molecule has 10 heteroatoms. The highest BCUT2D eigenvalue weighted by atomic mass is 16.5. The van der Waals surface area contributed by atoms with Crippen LogP contribution < -0.4 is 10.9 Å². The zero-order valence-corrected chi connectivity index (χ0v) is 20.9. The lowest BCUT2D eigenvalue weighted by Crippen LogP contribution is -2.37. The molecule has 10 nitrogen and oxygen atoms in total. The Kier molecular flexibility index (Phi) is 6.45. The van der Waals surface area contributed by atoms with Crippen LogP contribution in [0.5, 0.6) is 0 Å². The highest BCUT2D eigenvalue weighted by molar-refractivity contribution is 6.45. The number of aromatic nitrogens is 2. The van der Waals surface area contributed by atoms with E-state index in [-0.39, 0.29) is 45.7 Å². The van der Waals surface area contributed by atoms with Gasteiger partial charge in [0.05, 0.1) is 23.2 Å². The van der Waals surface area contributed by atoms with E-state index < -0.39 is 40.6 Å². The van der Waals surface area contributed by atoms with Gasteiger partial charge in [-0.1, -0.05) is 42.0 Å². The van der Waals surface area contributed by atoms with E-state index in [9.17, 15) is 28.8 Å². The Labute approximate surface area is 221 Å². The van der Waals surface area contributed by atoms with Crippen molar-refractivity contribution in [1.29, 1.82) is 0 Å². The molecular formula is C29H21N3O7. The number of amides is 1. The van der Waals surface area contributed by atoms with Crippen LogP contribution in [-0.4, -0.2) is 45.8 Å². The number of esters is 1. The predicted molar refractivity (Wildman–Crippen MR) is 140 cm³/mol. The number of fused-ring (bicyclic) bond motifs is 4. The van der Waals surface area contributed by atoms with Gasteiger partial charge < -0.3 is 15.0 Å². The van der Waals surface area contributed by atoms with Crippen molar-refractivity contribution < 1.29 is 28.7 Å². The van der Waals surface area contributed by atoms with Crippen molar-refractivity contribution in [3.05, 3.63) is 105 Å². The van der Waals surface area contributed by atoms with Crippen LogP contribution in [0, 0.1) is 6.92 Å². The number of anilines is 1. The monoisotopic (exact) mass is 523 g/mol.